The van der Waals surface area contributed by atoms with E-state index in [0.717, 1.165) is 30.1 Å². The smallest absolute Gasteiger partial charge is 0.224 e. The number of anilines is 2. The third kappa shape index (κ3) is 4.34. The zero-order valence-corrected chi connectivity index (χ0v) is 21.1. The van der Waals surface area contributed by atoms with Crippen molar-refractivity contribution in [3.05, 3.63) is 65.2 Å². The van der Waals surface area contributed by atoms with E-state index in [1.54, 1.807) is 0 Å². The highest BCUT2D eigenvalue weighted by molar-refractivity contribution is 6.08. The molecule has 4 rings (SSSR count). The molecule has 2 aliphatic heterocycles. The number of ether oxygens (including phenoxy) is 1. The first-order valence-electron chi connectivity index (χ1n) is 11.7. The molecule has 5 nitrogen and oxygen atoms in total. The molecular weight excluding hydrogens is 426 g/mol. The Morgan fingerprint density at radius 3 is 2.67 bits per heavy atom. The summed E-state index contributed by atoms with van der Waals surface area (Å²) in [5.74, 6) is 0.0680. The molecule has 0 saturated carbocycles. The van der Waals surface area contributed by atoms with Gasteiger partial charge < -0.3 is 19.9 Å². The molecular formula is C27H34N3O2Si. The van der Waals surface area contributed by atoms with E-state index < -0.39 is 5.72 Å². The minimum Gasteiger partial charge on any atom is -0.378 e. The molecule has 0 bridgehead atoms. The van der Waals surface area contributed by atoms with Gasteiger partial charge in [0.2, 0.25) is 5.91 Å². The molecule has 1 atom stereocenters. The molecule has 2 aliphatic rings. The Morgan fingerprint density at radius 1 is 1.21 bits per heavy atom. The van der Waals surface area contributed by atoms with Crippen molar-refractivity contribution < 1.29 is 9.53 Å². The summed E-state index contributed by atoms with van der Waals surface area (Å²) in [4.78, 5) is 16.8. The average molecular weight is 461 g/mol. The molecule has 2 aromatic carbocycles. The van der Waals surface area contributed by atoms with Crippen molar-refractivity contribution in [2.24, 2.45) is 0 Å². The fourth-order valence-corrected chi connectivity index (χ4v) is 5.16. The molecule has 2 aromatic rings. The molecule has 3 radical (unpaired) electrons. The van der Waals surface area contributed by atoms with Gasteiger partial charge in [-0.2, -0.15) is 0 Å². The molecule has 0 aromatic heterocycles. The molecule has 33 heavy (non-hydrogen) atoms. The number of nitrogens with one attached hydrogen (secondary N) is 1. The molecule has 0 spiro atoms. The number of nitrogens with zero attached hydrogens (tertiary/aromatic N) is 2. The van der Waals surface area contributed by atoms with E-state index >= 15 is 0 Å². The van der Waals surface area contributed by atoms with Crippen LogP contribution in [0.1, 0.15) is 37.0 Å². The molecule has 1 unspecified atom stereocenters. The van der Waals surface area contributed by atoms with Crippen LogP contribution in [0.4, 0.5) is 11.4 Å². The lowest BCUT2D eigenvalue weighted by Gasteiger charge is -2.39. The molecule has 2 heterocycles. The summed E-state index contributed by atoms with van der Waals surface area (Å²) in [5.41, 5.74) is 5.01. The van der Waals surface area contributed by atoms with Gasteiger partial charge >= 0.3 is 0 Å². The summed E-state index contributed by atoms with van der Waals surface area (Å²) in [6.07, 6.45) is 5.71. The van der Waals surface area contributed by atoms with Gasteiger partial charge in [-0.05, 0) is 47.4 Å². The van der Waals surface area contributed by atoms with Crippen LogP contribution in [0.2, 0.25) is 6.04 Å². The van der Waals surface area contributed by atoms with Gasteiger partial charge in [0.25, 0.3) is 0 Å². The Labute approximate surface area is 201 Å². The predicted molar refractivity (Wildman–Crippen MR) is 137 cm³/mol. The molecule has 1 amide bonds. The van der Waals surface area contributed by atoms with Crippen molar-refractivity contribution in [2.75, 3.05) is 43.6 Å². The zero-order valence-electron chi connectivity index (χ0n) is 20.1. The van der Waals surface area contributed by atoms with Crippen molar-refractivity contribution in [3.8, 4) is 0 Å². The number of carbonyl (C=O) groups is 1. The van der Waals surface area contributed by atoms with Gasteiger partial charge in [-0.15, -0.1) is 0 Å². The van der Waals surface area contributed by atoms with Crippen LogP contribution in [-0.4, -0.2) is 55.7 Å². The number of benzene rings is 2. The highest BCUT2D eigenvalue weighted by atomic mass is 28.1. The summed E-state index contributed by atoms with van der Waals surface area (Å²) in [6.45, 7) is 6.74. The minimum absolute atomic E-state index is 0.0680. The van der Waals surface area contributed by atoms with Crippen LogP contribution < -0.4 is 15.1 Å². The van der Waals surface area contributed by atoms with Crippen molar-refractivity contribution >= 4 is 33.6 Å². The van der Waals surface area contributed by atoms with Crippen molar-refractivity contribution in [1.82, 2.24) is 5.32 Å². The summed E-state index contributed by atoms with van der Waals surface area (Å²) < 4.78 is 6.48. The molecule has 1 saturated heterocycles. The monoisotopic (exact) mass is 460 g/mol. The highest BCUT2D eigenvalue weighted by Crippen LogP contribution is 2.55. The van der Waals surface area contributed by atoms with E-state index in [1.807, 2.05) is 14.1 Å². The van der Waals surface area contributed by atoms with Gasteiger partial charge in [0.1, 0.15) is 0 Å². The van der Waals surface area contributed by atoms with Crippen LogP contribution in [0, 0.1) is 0 Å². The van der Waals surface area contributed by atoms with Crippen LogP contribution >= 0.6 is 0 Å². The standard InChI is InChI=1S/C27H34N3O2Si/c1-26(2)23-18-21(19-25(31)28-14-5-17-33)8-11-24(23)30-15-16-32-27(26,30)13-12-20-6-9-22(10-7-20)29(3)4/h6-13,18H,5,14-17,19H2,1-4H3,(H,28,31)/b13-12+. The number of hydrogen-bond acceptors (Lipinski definition) is 4. The average Bonchev–Trinajstić information content (AvgIpc) is 3.30. The highest BCUT2D eigenvalue weighted by Gasteiger charge is 2.59. The van der Waals surface area contributed by atoms with Gasteiger partial charge in [-0.1, -0.05) is 50.2 Å². The largest absolute Gasteiger partial charge is 0.378 e. The number of hydrogen-bond donors (Lipinski definition) is 1. The Balaban J connectivity index is 1.59. The maximum atomic E-state index is 12.4. The first-order valence-corrected chi connectivity index (χ1v) is 12.4. The minimum atomic E-state index is -0.536. The number of rotatable bonds is 8. The van der Waals surface area contributed by atoms with Crippen LogP contribution in [0.15, 0.2) is 48.5 Å². The second-order valence-electron chi connectivity index (χ2n) is 9.62. The molecule has 0 aliphatic carbocycles. The SMILES string of the molecule is CN(C)c1ccc(/C=C/C23OCCN2c2ccc(CC(=O)NCCC[Si])cc2C3(C)C)cc1. The Morgan fingerprint density at radius 2 is 1.97 bits per heavy atom. The maximum absolute atomic E-state index is 12.4. The summed E-state index contributed by atoms with van der Waals surface area (Å²) in [7, 11) is 7.55. The van der Waals surface area contributed by atoms with E-state index in [9.17, 15) is 4.79 Å². The van der Waals surface area contributed by atoms with Crippen molar-refractivity contribution in [1.29, 1.82) is 0 Å². The lowest BCUT2D eigenvalue weighted by atomic mass is 9.76. The zero-order chi connectivity index (χ0) is 23.6. The van der Waals surface area contributed by atoms with E-state index in [0.29, 0.717) is 19.6 Å². The van der Waals surface area contributed by atoms with E-state index in [4.69, 9.17) is 4.74 Å². The maximum Gasteiger partial charge on any atom is 0.224 e. The quantitative estimate of drug-likeness (QED) is 0.479. The predicted octanol–water partition coefficient (Wildman–Crippen LogP) is 3.93. The molecule has 173 valence electrons. The fraction of sp³-hybridized carbons (Fsp3) is 0.444. The molecule has 1 N–H and O–H groups in total. The van der Waals surface area contributed by atoms with Gasteiger partial charge in [0.15, 0.2) is 5.72 Å². The van der Waals surface area contributed by atoms with Crippen LogP contribution in [-0.2, 0) is 21.4 Å². The lowest BCUT2D eigenvalue weighted by Crippen LogP contribution is -2.51. The van der Waals surface area contributed by atoms with E-state index in [1.165, 1.54) is 16.9 Å². The number of amides is 1. The first kappa shape index (κ1) is 23.6. The van der Waals surface area contributed by atoms with Gasteiger partial charge in [-0.25, -0.2) is 0 Å². The van der Waals surface area contributed by atoms with Gasteiger partial charge in [0.05, 0.1) is 13.0 Å². The van der Waals surface area contributed by atoms with Gasteiger partial charge in [0, 0.05) is 54.2 Å². The Hall–Kier alpha value is -2.57. The molecule has 6 heteroatoms. The van der Waals surface area contributed by atoms with E-state index in [2.05, 4.69) is 93.8 Å². The van der Waals surface area contributed by atoms with Crippen LogP contribution in [0.25, 0.3) is 6.08 Å². The second-order valence-corrected chi connectivity index (χ2v) is 10.1. The van der Waals surface area contributed by atoms with E-state index in [-0.39, 0.29) is 11.3 Å². The fourth-order valence-electron chi connectivity index (χ4n) is 4.98. The Bertz CT molecular complexity index is 1030. The third-order valence-electron chi connectivity index (χ3n) is 6.91. The number of carbonyl (C=O) groups excluding carboxylic acids is 1. The lowest BCUT2D eigenvalue weighted by molar-refractivity contribution is -0.120. The normalized spacial score (nSPS) is 20.7. The molecule has 1 fully saturated rings. The first-order chi connectivity index (χ1) is 15.8. The number of fused-ring (bicyclic) bond motifs is 3. The Kier molecular flexibility index (Phi) is 6.68. The van der Waals surface area contributed by atoms with Gasteiger partial charge in [-0.3, -0.25) is 4.79 Å². The third-order valence-corrected chi connectivity index (χ3v) is 7.26. The van der Waals surface area contributed by atoms with Crippen LogP contribution in [0.3, 0.4) is 0 Å². The second kappa shape index (κ2) is 9.35. The summed E-state index contributed by atoms with van der Waals surface area (Å²) in [5, 5.41) is 3.00. The van der Waals surface area contributed by atoms with Crippen molar-refractivity contribution in [2.45, 2.75) is 43.9 Å². The summed E-state index contributed by atoms with van der Waals surface area (Å²) in [6, 6.07) is 15.9. The summed E-state index contributed by atoms with van der Waals surface area (Å²) >= 11 is 0. The van der Waals surface area contributed by atoms with Crippen molar-refractivity contribution in [3.63, 3.8) is 0 Å². The van der Waals surface area contributed by atoms with Crippen LogP contribution in [0.5, 0.6) is 0 Å². The topological polar surface area (TPSA) is 44.8 Å².